The lowest BCUT2D eigenvalue weighted by Crippen LogP contribution is -2.47. The molecule has 7 heteroatoms. The molecular formula is C18H30IN3OS2. The monoisotopic (exact) mass is 495 g/mol. The van der Waals surface area contributed by atoms with Crippen LogP contribution in [0.3, 0.4) is 0 Å². The number of nitrogens with one attached hydrogen (secondary N) is 2. The predicted molar refractivity (Wildman–Crippen MR) is 122 cm³/mol. The van der Waals surface area contributed by atoms with Gasteiger partial charge in [-0.05, 0) is 31.4 Å². The summed E-state index contributed by atoms with van der Waals surface area (Å²) in [5, 5.41) is 7.24. The number of hydrogen-bond acceptors (Lipinski definition) is 3. The van der Waals surface area contributed by atoms with E-state index in [1.54, 1.807) is 0 Å². The minimum Gasteiger partial charge on any atom is -0.356 e. The van der Waals surface area contributed by atoms with Gasteiger partial charge in [0, 0.05) is 52.1 Å². The molecule has 0 aromatic heterocycles. The quantitative estimate of drug-likeness (QED) is 0.200. The van der Waals surface area contributed by atoms with Gasteiger partial charge < -0.3 is 10.6 Å². The third-order valence-corrected chi connectivity index (χ3v) is 7.01. The van der Waals surface area contributed by atoms with Crippen molar-refractivity contribution in [1.82, 2.24) is 10.6 Å². The molecule has 1 aliphatic carbocycles. The van der Waals surface area contributed by atoms with E-state index in [2.05, 4.69) is 39.9 Å². The predicted octanol–water partition coefficient (Wildman–Crippen LogP) is 3.64. The summed E-state index contributed by atoms with van der Waals surface area (Å²) in [5.41, 5.74) is 0. The van der Waals surface area contributed by atoms with E-state index < -0.39 is 10.8 Å². The Bertz CT molecular complexity index is 542. The van der Waals surface area contributed by atoms with E-state index in [9.17, 15) is 4.21 Å². The smallest absolute Gasteiger partial charge is 0.191 e. The van der Waals surface area contributed by atoms with Crippen molar-refractivity contribution in [2.75, 3.05) is 25.1 Å². The normalized spacial score (nSPS) is 21.9. The van der Waals surface area contributed by atoms with Gasteiger partial charge in [0.2, 0.25) is 0 Å². The van der Waals surface area contributed by atoms with Crippen LogP contribution < -0.4 is 10.6 Å². The van der Waals surface area contributed by atoms with Crippen molar-refractivity contribution >= 4 is 52.5 Å². The molecule has 0 saturated heterocycles. The highest BCUT2D eigenvalue weighted by Gasteiger charge is 2.25. The average Bonchev–Trinajstić information content (AvgIpc) is 2.64. The Kier molecular flexibility index (Phi) is 11.8. The second-order valence-electron chi connectivity index (χ2n) is 5.96. The molecule has 25 heavy (non-hydrogen) atoms. The number of halogens is 1. The van der Waals surface area contributed by atoms with Crippen LogP contribution in [0.1, 0.15) is 32.6 Å². The molecule has 0 amide bonds. The lowest BCUT2D eigenvalue weighted by atomic mass is 9.95. The highest BCUT2D eigenvalue weighted by Crippen LogP contribution is 2.23. The Hall–Kier alpha value is -0.280. The van der Waals surface area contributed by atoms with E-state index in [-0.39, 0.29) is 24.0 Å². The van der Waals surface area contributed by atoms with Gasteiger partial charge in [0.15, 0.2) is 5.96 Å². The fourth-order valence-corrected chi connectivity index (χ4v) is 5.13. The van der Waals surface area contributed by atoms with Crippen molar-refractivity contribution in [3.63, 3.8) is 0 Å². The van der Waals surface area contributed by atoms with E-state index in [0.717, 1.165) is 49.7 Å². The summed E-state index contributed by atoms with van der Waals surface area (Å²) < 4.78 is 12.0. The van der Waals surface area contributed by atoms with Gasteiger partial charge >= 0.3 is 0 Å². The van der Waals surface area contributed by atoms with Crippen molar-refractivity contribution in [2.45, 2.75) is 48.8 Å². The van der Waals surface area contributed by atoms with Gasteiger partial charge in [-0.3, -0.25) is 9.20 Å². The Morgan fingerprint density at radius 3 is 2.76 bits per heavy atom. The summed E-state index contributed by atoms with van der Waals surface area (Å²) in [5.74, 6) is 2.62. The standard InChI is InChI=1S/C18H29N3OS2.HI/c1-3-24(22)17-11-7-8-15(14-17)21-18(19-2)20-12-13-23-16-9-5-4-6-10-16;/h4-6,9-10,15,17H,3,7-8,11-14H2,1-2H3,(H2,19,20,21);1H. The molecule has 1 fully saturated rings. The number of benzene rings is 1. The largest absolute Gasteiger partial charge is 0.356 e. The molecule has 3 atom stereocenters. The number of hydrogen-bond donors (Lipinski definition) is 2. The molecule has 0 spiro atoms. The van der Waals surface area contributed by atoms with Gasteiger partial charge in [-0.25, -0.2) is 0 Å². The maximum absolute atomic E-state index is 12.0. The van der Waals surface area contributed by atoms with E-state index in [1.165, 1.54) is 4.90 Å². The van der Waals surface area contributed by atoms with Crippen LogP contribution in [0.4, 0.5) is 0 Å². The first kappa shape index (κ1) is 22.8. The van der Waals surface area contributed by atoms with Crippen molar-refractivity contribution in [1.29, 1.82) is 0 Å². The van der Waals surface area contributed by atoms with Crippen molar-refractivity contribution in [3.05, 3.63) is 30.3 Å². The Balaban J connectivity index is 0.00000312. The fourth-order valence-electron chi connectivity index (χ4n) is 2.99. The summed E-state index contributed by atoms with van der Waals surface area (Å²) in [7, 11) is 1.13. The average molecular weight is 495 g/mol. The van der Waals surface area contributed by atoms with Crippen LogP contribution in [0.5, 0.6) is 0 Å². The second-order valence-corrected chi connectivity index (χ2v) is 9.13. The lowest BCUT2D eigenvalue weighted by Gasteiger charge is -2.30. The zero-order valence-electron chi connectivity index (χ0n) is 15.1. The molecule has 1 aromatic rings. The van der Waals surface area contributed by atoms with Crippen LogP contribution in [0.2, 0.25) is 0 Å². The van der Waals surface area contributed by atoms with Crippen LogP contribution in [0.25, 0.3) is 0 Å². The van der Waals surface area contributed by atoms with E-state index in [0.29, 0.717) is 11.3 Å². The highest BCUT2D eigenvalue weighted by atomic mass is 127. The van der Waals surface area contributed by atoms with Gasteiger partial charge in [0.1, 0.15) is 0 Å². The van der Waals surface area contributed by atoms with Crippen molar-refractivity contribution < 1.29 is 4.21 Å². The lowest BCUT2D eigenvalue weighted by molar-refractivity contribution is 0.414. The Labute approximate surface area is 175 Å². The summed E-state index contributed by atoms with van der Waals surface area (Å²) in [6.45, 7) is 2.88. The Morgan fingerprint density at radius 1 is 1.32 bits per heavy atom. The fraction of sp³-hybridized carbons (Fsp3) is 0.611. The third-order valence-electron chi connectivity index (χ3n) is 4.25. The van der Waals surface area contributed by atoms with Gasteiger partial charge in [-0.2, -0.15) is 0 Å². The molecule has 142 valence electrons. The topological polar surface area (TPSA) is 53.5 Å². The molecule has 2 N–H and O–H groups in total. The molecule has 0 heterocycles. The van der Waals surface area contributed by atoms with E-state index in [1.807, 2.05) is 31.8 Å². The van der Waals surface area contributed by atoms with Crippen LogP contribution in [-0.2, 0) is 10.8 Å². The molecule has 1 saturated carbocycles. The molecule has 0 bridgehead atoms. The van der Waals surface area contributed by atoms with Crippen molar-refractivity contribution in [2.24, 2.45) is 4.99 Å². The van der Waals surface area contributed by atoms with Crippen molar-refractivity contribution in [3.8, 4) is 0 Å². The molecule has 1 aromatic carbocycles. The Morgan fingerprint density at radius 2 is 2.08 bits per heavy atom. The zero-order chi connectivity index (χ0) is 17.2. The summed E-state index contributed by atoms with van der Waals surface area (Å²) in [6.07, 6.45) is 4.37. The number of thioether (sulfide) groups is 1. The summed E-state index contributed by atoms with van der Waals surface area (Å²) in [6, 6.07) is 10.8. The minimum absolute atomic E-state index is 0. The summed E-state index contributed by atoms with van der Waals surface area (Å²) >= 11 is 1.84. The third kappa shape index (κ3) is 8.30. The maximum atomic E-state index is 12.0. The molecule has 1 aliphatic rings. The zero-order valence-corrected chi connectivity index (χ0v) is 19.0. The number of guanidine groups is 1. The molecule has 0 radical (unpaired) electrons. The molecular weight excluding hydrogens is 465 g/mol. The number of aliphatic imine (C=N–C) groups is 1. The van der Waals surface area contributed by atoms with Gasteiger partial charge in [0.25, 0.3) is 0 Å². The van der Waals surface area contributed by atoms with Crippen LogP contribution in [0.15, 0.2) is 40.2 Å². The van der Waals surface area contributed by atoms with Crippen LogP contribution in [-0.4, -0.2) is 46.6 Å². The first-order valence-corrected chi connectivity index (χ1v) is 11.1. The van der Waals surface area contributed by atoms with Crippen LogP contribution in [0, 0.1) is 0 Å². The number of nitrogens with zero attached hydrogens (tertiary/aromatic N) is 1. The highest BCUT2D eigenvalue weighted by molar-refractivity contribution is 14.0. The van der Waals surface area contributed by atoms with E-state index in [4.69, 9.17) is 0 Å². The molecule has 3 unspecified atom stereocenters. The molecule has 2 rings (SSSR count). The van der Waals surface area contributed by atoms with Gasteiger partial charge in [0.05, 0.1) is 0 Å². The second kappa shape index (κ2) is 13.0. The first-order valence-electron chi connectivity index (χ1n) is 8.75. The van der Waals surface area contributed by atoms with E-state index >= 15 is 0 Å². The number of rotatable bonds is 7. The minimum atomic E-state index is -0.683. The molecule has 0 aliphatic heterocycles. The maximum Gasteiger partial charge on any atom is 0.191 e. The summed E-state index contributed by atoms with van der Waals surface area (Å²) in [4.78, 5) is 5.62. The van der Waals surface area contributed by atoms with Gasteiger partial charge in [-0.15, -0.1) is 35.7 Å². The molecule has 4 nitrogen and oxygen atoms in total. The SMILES string of the molecule is CCS(=O)C1CCCC(NC(=NC)NCCSc2ccccc2)C1.I. The van der Waals surface area contributed by atoms with Gasteiger partial charge in [-0.1, -0.05) is 31.5 Å². The first-order chi connectivity index (χ1) is 11.7. The van der Waals surface area contributed by atoms with Crippen LogP contribution >= 0.6 is 35.7 Å².